The molecule has 1 aromatic heterocycles. The Bertz CT molecular complexity index is 4150. The Kier molecular flexibility index (Phi) is 9.09. The molecule has 0 saturated carbocycles. The van der Waals surface area contributed by atoms with Gasteiger partial charge in [0.15, 0.2) is 0 Å². The van der Waals surface area contributed by atoms with Gasteiger partial charge in [-0.3, -0.25) is 0 Å². The third kappa shape index (κ3) is 6.03. The molecule has 344 valence electrons. The lowest BCUT2D eigenvalue weighted by molar-refractivity contribution is 0.487. The van der Waals surface area contributed by atoms with Crippen molar-refractivity contribution in [2.45, 2.75) is 9.79 Å². The minimum absolute atomic E-state index is 0.0465. The fourth-order valence-corrected chi connectivity index (χ4v) is 13.9. The van der Waals surface area contributed by atoms with Gasteiger partial charge in [-0.05, 0) is 124 Å². The molecule has 0 amide bonds. The Morgan fingerprint density at radius 1 is 0.378 bits per heavy atom. The first-order chi connectivity index (χ1) is 36.7. The molecule has 4 aliphatic rings. The number of hydrogen-bond acceptors (Lipinski definition) is 5. The maximum Gasteiger partial charge on any atom is 0.256 e. The highest BCUT2D eigenvalue weighted by Gasteiger charge is 2.47. The molecule has 0 atom stereocenters. The molecule has 5 heterocycles. The van der Waals surface area contributed by atoms with E-state index in [1.165, 1.54) is 70.2 Å². The summed E-state index contributed by atoms with van der Waals surface area (Å²) in [5, 5.41) is 2.46. The predicted octanol–water partition coefficient (Wildman–Crippen LogP) is 13.4. The minimum atomic E-state index is -0.0996. The monoisotopic (exact) mass is 960 g/mol. The van der Waals surface area contributed by atoms with Crippen molar-refractivity contribution in [3.05, 3.63) is 255 Å². The predicted molar refractivity (Wildman–Crippen MR) is 311 cm³/mol. The van der Waals surface area contributed by atoms with Crippen molar-refractivity contribution in [2.75, 3.05) is 14.7 Å². The van der Waals surface area contributed by atoms with E-state index in [4.69, 9.17) is 4.74 Å². The van der Waals surface area contributed by atoms with Gasteiger partial charge in [-0.1, -0.05) is 169 Å². The number of para-hydroxylation sites is 7. The summed E-state index contributed by atoms with van der Waals surface area (Å²) < 4.78 is 9.75. The van der Waals surface area contributed by atoms with Crippen LogP contribution in [0.3, 0.4) is 0 Å². The van der Waals surface area contributed by atoms with Gasteiger partial charge in [0.1, 0.15) is 11.5 Å². The van der Waals surface area contributed by atoms with Crippen LogP contribution < -0.4 is 52.2 Å². The number of anilines is 9. The average Bonchev–Trinajstić information content (AvgIpc) is 3.84. The van der Waals surface area contributed by atoms with E-state index < -0.39 is 0 Å². The standard InChI is InChI=1S/C66H42B2N4OS/c1-6-22-43(23-7-1)69(44-24-8-2-9-25-44)48-38-56-63-59(40-48)73-58-36-20-17-33-51(58)67(63)54-42-53-65(62-50-32-16-19-35-55(50)72(56)66(54)62)71(47-30-14-5-15-31-47)57-39-49(41-61-64(57)68(53)52-34-18-21-37-60(52)74-61)70(45-26-10-3-11-27-45)46-28-12-4-13-29-46/h1-42H. The van der Waals surface area contributed by atoms with Crippen LogP contribution in [0, 0.1) is 0 Å². The van der Waals surface area contributed by atoms with Crippen LogP contribution in [0.1, 0.15) is 0 Å². The quantitative estimate of drug-likeness (QED) is 0.148. The number of nitrogens with zero attached hydrogens (tertiary/aromatic N) is 4. The van der Waals surface area contributed by atoms with Crippen LogP contribution in [0.15, 0.2) is 265 Å². The van der Waals surface area contributed by atoms with Gasteiger partial charge in [0.05, 0.1) is 22.4 Å². The number of ether oxygens (including phenoxy) is 1. The van der Waals surface area contributed by atoms with Crippen LogP contribution in [-0.4, -0.2) is 18.0 Å². The zero-order chi connectivity index (χ0) is 48.4. The van der Waals surface area contributed by atoms with Crippen molar-refractivity contribution < 1.29 is 4.74 Å². The van der Waals surface area contributed by atoms with E-state index in [9.17, 15) is 0 Å². The van der Waals surface area contributed by atoms with Gasteiger partial charge >= 0.3 is 0 Å². The number of rotatable bonds is 7. The van der Waals surface area contributed by atoms with Crippen molar-refractivity contribution in [1.82, 2.24) is 4.57 Å². The molecule has 0 fully saturated rings. The summed E-state index contributed by atoms with van der Waals surface area (Å²) in [4.78, 5) is 9.93. The normalized spacial score (nSPS) is 13.1. The maximum atomic E-state index is 7.17. The van der Waals surface area contributed by atoms with Crippen LogP contribution in [0.25, 0.3) is 27.5 Å². The third-order valence-electron chi connectivity index (χ3n) is 15.6. The molecule has 0 spiro atoms. The van der Waals surface area contributed by atoms with E-state index in [1.54, 1.807) is 0 Å². The van der Waals surface area contributed by atoms with E-state index in [1.807, 2.05) is 11.8 Å². The lowest BCUT2D eigenvalue weighted by Crippen LogP contribution is -2.63. The van der Waals surface area contributed by atoms with Crippen LogP contribution in [0.5, 0.6) is 11.5 Å². The van der Waals surface area contributed by atoms with Gasteiger partial charge in [0, 0.05) is 72.1 Å². The molecule has 0 radical (unpaired) electrons. The first-order valence-corrected chi connectivity index (χ1v) is 26.2. The summed E-state index contributed by atoms with van der Waals surface area (Å²) in [5.74, 6) is 1.76. The summed E-state index contributed by atoms with van der Waals surface area (Å²) in [7, 11) is 0. The SMILES string of the molecule is c1ccc(N(c2ccccc2)c2cc3c4c(c2)N(c2ccccc2)c2c(cc5c6c2c2ccccc2n6-c2cc(N(c6ccccc6)c6ccccc6)cc6c2B5c2ccccc2O6)B4c2ccccc2S3)cc1. The fraction of sp³-hybridized carbons (Fsp3) is 0. The molecule has 16 rings (SSSR count). The highest BCUT2D eigenvalue weighted by atomic mass is 32.2. The van der Waals surface area contributed by atoms with Gasteiger partial charge in [-0.2, -0.15) is 0 Å². The highest BCUT2D eigenvalue weighted by molar-refractivity contribution is 8.00. The van der Waals surface area contributed by atoms with Crippen molar-refractivity contribution in [3.8, 4) is 17.2 Å². The van der Waals surface area contributed by atoms with Gasteiger partial charge in [0.2, 0.25) is 6.71 Å². The molecule has 8 heteroatoms. The van der Waals surface area contributed by atoms with Gasteiger partial charge in [-0.25, -0.2) is 0 Å². The Hall–Kier alpha value is -9.10. The second kappa shape index (κ2) is 16.2. The second-order valence-corrected chi connectivity index (χ2v) is 20.6. The van der Waals surface area contributed by atoms with E-state index in [-0.39, 0.29) is 13.4 Å². The van der Waals surface area contributed by atoms with Crippen molar-refractivity contribution in [1.29, 1.82) is 0 Å². The van der Waals surface area contributed by atoms with Crippen LogP contribution >= 0.6 is 11.8 Å². The zero-order valence-corrected chi connectivity index (χ0v) is 40.8. The number of benzene rings is 11. The lowest BCUT2D eigenvalue weighted by Gasteiger charge is -2.43. The number of aromatic nitrogens is 1. The van der Waals surface area contributed by atoms with Crippen molar-refractivity contribution in [3.63, 3.8) is 0 Å². The number of fused-ring (bicyclic) bond motifs is 12. The van der Waals surface area contributed by atoms with Crippen LogP contribution in [0.4, 0.5) is 51.2 Å². The molecule has 11 aromatic carbocycles. The molecule has 5 nitrogen and oxygen atoms in total. The van der Waals surface area contributed by atoms with Crippen molar-refractivity contribution >= 4 is 131 Å². The Morgan fingerprint density at radius 2 is 0.905 bits per heavy atom. The maximum absolute atomic E-state index is 7.17. The summed E-state index contributed by atoms with van der Waals surface area (Å²) in [5.41, 5.74) is 21.2. The van der Waals surface area contributed by atoms with Crippen LogP contribution in [0.2, 0.25) is 0 Å². The summed E-state index contributed by atoms with van der Waals surface area (Å²) >= 11 is 1.89. The van der Waals surface area contributed by atoms with E-state index >= 15 is 0 Å². The van der Waals surface area contributed by atoms with E-state index in [0.717, 1.165) is 62.5 Å². The molecule has 0 saturated heterocycles. The highest BCUT2D eigenvalue weighted by Crippen LogP contribution is 2.51. The Morgan fingerprint density at radius 3 is 1.57 bits per heavy atom. The fourth-order valence-electron chi connectivity index (χ4n) is 12.7. The molecule has 4 aliphatic heterocycles. The van der Waals surface area contributed by atoms with Gasteiger partial charge in [-0.15, -0.1) is 0 Å². The molecular formula is C66H42B2N4OS. The molecule has 0 N–H and O–H groups in total. The topological polar surface area (TPSA) is 23.9 Å². The lowest BCUT2D eigenvalue weighted by atomic mass is 9.31. The number of hydrogen-bond donors (Lipinski definition) is 0. The van der Waals surface area contributed by atoms with E-state index in [0.29, 0.717) is 0 Å². The molecule has 0 bridgehead atoms. The molecular weight excluding hydrogens is 918 g/mol. The molecule has 0 aliphatic carbocycles. The molecule has 0 unspecified atom stereocenters. The molecule has 12 aromatic rings. The zero-order valence-electron chi connectivity index (χ0n) is 40.0. The Balaban J connectivity index is 1.04. The third-order valence-corrected chi connectivity index (χ3v) is 16.7. The second-order valence-electron chi connectivity index (χ2n) is 19.6. The van der Waals surface area contributed by atoms with E-state index in [2.05, 4.69) is 274 Å². The first kappa shape index (κ1) is 41.5. The smallest absolute Gasteiger partial charge is 0.256 e. The average molecular weight is 961 g/mol. The molecule has 74 heavy (non-hydrogen) atoms. The van der Waals surface area contributed by atoms with Gasteiger partial charge < -0.3 is 24.0 Å². The summed E-state index contributed by atoms with van der Waals surface area (Å²) in [6.07, 6.45) is 0. The van der Waals surface area contributed by atoms with Crippen molar-refractivity contribution in [2.24, 2.45) is 0 Å². The van der Waals surface area contributed by atoms with Gasteiger partial charge in [0.25, 0.3) is 6.71 Å². The minimum Gasteiger partial charge on any atom is -0.458 e. The first-order valence-electron chi connectivity index (χ1n) is 25.4. The largest absolute Gasteiger partial charge is 0.458 e. The van der Waals surface area contributed by atoms with Crippen LogP contribution in [-0.2, 0) is 0 Å². The summed E-state index contributed by atoms with van der Waals surface area (Å²) in [6, 6.07) is 93.2. The Labute approximate surface area is 434 Å². The summed E-state index contributed by atoms with van der Waals surface area (Å²) in [6.45, 7) is -0.146.